The summed E-state index contributed by atoms with van der Waals surface area (Å²) in [6, 6.07) is 11.7. The van der Waals surface area contributed by atoms with Gasteiger partial charge in [0.05, 0.1) is 0 Å². The molecule has 0 radical (unpaired) electrons. The van der Waals surface area contributed by atoms with Crippen LogP contribution in [0.4, 0.5) is 4.39 Å². The molecular formula is C11H7BrFNO. The summed E-state index contributed by atoms with van der Waals surface area (Å²) in [5, 5.41) is 0. The zero-order valence-electron chi connectivity index (χ0n) is 7.65. The number of aromatic nitrogens is 1. The number of hydrogen-bond acceptors (Lipinski definition) is 2. The van der Waals surface area contributed by atoms with Gasteiger partial charge in [0, 0.05) is 10.5 Å². The molecule has 76 valence electrons. The van der Waals surface area contributed by atoms with Gasteiger partial charge in [-0.3, -0.25) is 0 Å². The van der Waals surface area contributed by atoms with E-state index in [1.807, 2.05) is 12.1 Å². The summed E-state index contributed by atoms with van der Waals surface area (Å²) < 4.78 is 19.0. The molecule has 0 N–H and O–H groups in total. The van der Waals surface area contributed by atoms with Gasteiger partial charge >= 0.3 is 0 Å². The molecule has 0 aliphatic carbocycles. The molecule has 0 unspecified atom stereocenters. The normalized spacial score (nSPS) is 10.0. The van der Waals surface area contributed by atoms with E-state index in [0.29, 0.717) is 5.75 Å². The van der Waals surface area contributed by atoms with Crippen molar-refractivity contribution in [1.82, 2.24) is 4.98 Å². The largest absolute Gasteiger partial charge is 0.439 e. The average molecular weight is 268 g/mol. The lowest BCUT2D eigenvalue weighted by molar-refractivity contribution is 0.445. The highest BCUT2D eigenvalue weighted by molar-refractivity contribution is 9.10. The first-order valence-electron chi connectivity index (χ1n) is 4.30. The third kappa shape index (κ3) is 2.76. The van der Waals surface area contributed by atoms with Crippen LogP contribution < -0.4 is 4.74 Å². The van der Waals surface area contributed by atoms with Crippen molar-refractivity contribution >= 4 is 15.9 Å². The molecule has 0 fully saturated rings. The summed E-state index contributed by atoms with van der Waals surface area (Å²) in [5.41, 5.74) is 0. The standard InChI is InChI=1S/C11H7BrFNO/c12-8-3-1-4-9(7-8)15-11-6-2-5-10(13)14-11/h1-7H. The number of halogens is 2. The number of ether oxygens (including phenoxy) is 1. The average Bonchev–Trinajstić information content (AvgIpc) is 2.17. The summed E-state index contributed by atoms with van der Waals surface area (Å²) in [7, 11) is 0. The minimum absolute atomic E-state index is 0.244. The van der Waals surface area contributed by atoms with Crippen LogP contribution in [0.2, 0.25) is 0 Å². The summed E-state index contributed by atoms with van der Waals surface area (Å²) in [5.74, 6) is 0.304. The molecule has 1 heterocycles. The minimum Gasteiger partial charge on any atom is -0.439 e. The van der Waals surface area contributed by atoms with Gasteiger partial charge in [-0.2, -0.15) is 9.37 Å². The van der Waals surface area contributed by atoms with E-state index in [4.69, 9.17) is 4.74 Å². The predicted molar refractivity (Wildman–Crippen MR) is 58.4 cm³/mol. The van der Waals surface area contributed by atoms with Crippen molar-refractivity contribution in [2.45, 2.75) is 0 Å². The maximum absolute atomic E-state index is 12.7. The second-order valence-electron chi connectivity index (χ2n) is 2.86. The van der Waals surface area contributed by atoms with Gasteiger partial charge in [0.25, 0.3) is 0 Å². The van der Waals surface area contributed by atoms with E-state index < -0.39 is 5.95 Å². The van der Waals surface area contributed by atoms with Crippen LogP contribution in [0.1, 0.15) is 0 Å². The molecule has 0 spiro atoms. The first kappa shape index (κ1) is 10.1. The molecule has 0 amide bonds. The first-order valence-corrected chi connectivity index (χ1v) is 5.09. The van der Waals surface area contributed by atoms with Crippen molar-refractivity contribution in [2.75, 3.05) is 0 Å². The van der Waals surface area contributed by atoms with Crippen molar-refractivity contribution in [3.05, 3.63) is 52.9 Å². The molecular weight excluding hydrogens is 261 g/mol. The Morgan fingerprint density at radius 2 is 1.93 bits per heavy atom. The van der Waals surface area contributed by atoms with Crippen molar-refractivity contribution in [1.29, 1.82) is 0 Å². The molecule has 0 saturated heterocycles. The van der Waals surface area contributed by atoms with E-state index in [9.17, 15) is 4.39 Å². The molecule has 4 heteroatoms. The Morgan fingerprint density at radius 1 is 1.13 bits per heavy atom. The molecule has 0 atom stereocenters. The Labute approximate surface area is 94.9 Å². The Kier molecular flexibility index (Phi) is 2.97. The molecule has 0 aliphatic rings. The van der Waals surface area contributed by atoms with Crippen molar-refractivity contribution in [2.24, 2.45) is 0 Å². The number of rotatable bonds is 2. The van der Waals surface area contributed by atoms with Crippen LogP contribution >= 0.6 is 15.9 Å². The summed E-state index contributed by atoms with van der Waals surface area (Å²) in [4.78, 5) is 3.59. The molecule has 2 aromatic rings. The second-order valence-corrected chi connectivity index (χ2v) is 3.77. The van der Waals surface area contributed by atoms with Gasteiger partial charge in [0.1, 0.15) is 5.75 Å². The molecule has 0 aliphatic heterocycles. The summed E-state index contributed by atoms with van der Waals surface area (Å²) >= 11 is 3.32. The highest BCUT2D eigenvalue weighted by Gasteiger charge is 2.00. The first-order chi connectivity index (χ1) is 7.24. The van der Waals surface area contributed by atoms with Gasteiger partial charge in [-0.1, -0.05) is 28.1 Å². The summed E-state index contributed by atoms with van der Waals surface area (Å²) in [6.07, 6.45) is 0. The van der Waals surface area contributed by atoms with E-state index in [1.54, 1.807) is 24.3 Å². The third-order valence-electron chi connectivity index (χ3n) is 1.71. The molecule has 0 saturated carbocycles. The molecule has 2 nitrogen and oxygen atoms in total. The fraction of sp³-hybridized carbons (Fsp3) is 0. The topological polar surface area (TPSA) is 22.1 Å². The van der Waals surface area contributed by atoms with Crippen LogP contribution in [0.25, 0.3) is 0 Å². The van der Waals surface area contributed by atoms with Gasteiger partial charge in [-0.05, 0) is 24.3 Å². The number of benzene rings is 1. The fourth-order valence-electron chi connectivity index (χ4n) is 1.10. The molecule has 0 bridgehead atoms. The predicted octanol–water partition coefficient (Wildman–Crippen LogP) is 3.78. The lowest BCUT2D eigenvalue weighted by Crippen LogP contribution is -1.89. The maximum atomic E-state index is 12.7. The lowest BCUT2D eigenvalue weighted by atomic mass is 10.3. The van der Waals surface area contributed by atoms with Crippen LogP contribution in [0.5, 0.6) is 11.6 Å². The maximum Gasteiger partial charge on any atom is 0.221 e. The van der Waals surface area contributed by atoms with E-state index in [2.05, 4.69) is 20.9 Å². The lowest BCUT2D eigenvalue weighted by Gasteiger charge is -2.04. The van der Waals surface area contributed by atoms with Crippen molar-refractivity contribution in [3.63, 3.8) is 0 Å². The van der Waals surface area contributed by atoms with Crippen molar-refractivity contribution < 1.29 is 9.13 Å². The Bertz CT molecular complexity index is 432. The number of hydrogen-bond donors (Lipinski definition) is 0. The van der Waals surface area contributed by atoms with E-state index in [-0.39, 0.29) is 5.88 Å². The Balaban J connectivity index is 2.22. The van der Waals surface area contributed by atoms with Crippen LogP contribution in [-0.4, -0.2) is 4.98 Å². The highest BCUT2D eigenvalue weighted by Crippen LogP contribution is 2.22. The smallest absolute Gasteiger partial charge is 0.221 e. The fourth-order valence-corrected chi connectivity index (χ4v) is 1.48. The zero-order valence-corrected chi connectivity index (χ0v) is 9.24. The number of pyridine rings is 1. The van der Waals surface area contributed by atoms with Gasteiger partial charge in [0.15, 0.2) is 0 Å². The Morgan fingerprint density at radius 3 is 2.67 bits per heavy atom. The quantitative estimate of drug-likeness (QED) is 0.773. The zero-order chi connectivity index (χ0) is 10.7. The molecule has 15 heavy (non-hydrogen) atoms. The monoisotopic (exact) mass is 267 g/mol. The van der Waals surface area contributed by atoms with Gasteiger partial charge in [0.2, 0.25) is 11.8 Å². The van der Waals surface area contributed by atoms with Crippen LogP contribution in [-0.2, 0) is 0 Å². The van der Waals surface area contributed by atoms with Gasteiger partial charge < -0.3 is 4.74 Å². The van der Waals surface area contributed by atoms with Crippen LogP contribution in [0.15, 0.2) is 46.9 Å². The number of nitrogens with zero attached hydrogens (tertiary/aromatic N) is 1. The summed E-state index contributed by atoms with van der Waals surface area (Å²) in [6.45, 7) is 0. The highest BCUT2D eigenvalue weighted by atomic mass is 79.9. The SMILES string of the molecule is Fc1cccc(Oc2cccc(Br)c2)n1. The Hall–Kier alpha value is -1.42. The van der Waals surface area contributed by atoms with Gasteiger partial charge in [-0.15, -0.1) is 0 Å². The minimum atomic E-state index is -0.553. The molecule has 2 rings (SSSR count). The van der Waals surface area contributed by atoms with Crippen molar-refractivity contribution in [3.8, 4) is 11.6 Å². The molecule has 1 aromatic carbocycles. The van der Waals surface area contributed by atoms with E-state index in [1.165, 1.54) is 6.07 Å². The van der Waals surface area contributed by atoms with E-state index >= 15 is 0 Å². The molecule has 1 aromatic heterocycles. The third-order valence-corrected chi connectivity index (χ3v) is 2.20. The van der Waals surface area contributed by atoms with E-state index in [0.717, 1.165) is 4.47 Å². The van der Waals surface area contributed by atoms with Crippen LogP contribution in [0, 0.1) is 5.95 Å². The second kappa shape index (κ2) is 4.40. The van der Waals surface area contributed by atoms with Gasteiger partial charge in [-0.25, -0.2) is 0 Å². The van der Waals surface area contributed by atoms with Crippen LogP contribution in [0.3, 0.4) is 0 Å².